The van der Waals surface area contributed by atoms with Crippen molar-refractivity contribution in [1.82, 2.24) is 15.5 Å². The van der Waals surface area contributed by atoms with Gasteiger partial charge >= 0.3 is 5.97 Å². The summed E-state index contributed by atoms with van der Waals surface area (Å²) in [7, 11) is 0. The number of thioether (sulfide) groups is 1. The second-order valence-corrected chi connectivity index (χ2v) is 6.17. The van der Waals surface area contributed by atoms with Gasteiger partial charge in [0.15, 0.2) is 0 Å². The van der Waals surface area contributed by atoms with Crippen LogP contribution in [0.3, 0.4) is 0 Å². The van der Waals surface area contributed by atoms with Gasteiger partial charge in [-0.3, -0.25) is 4.79 Å². The topological polar surface area (TPSA) is 88.3 Å². The summed E-state index contributed by atoms with van der Waals surface area (Å²) in [4.78, 5) is 11.4. The van der Waals surface area contributed by atoms with Crippen LogP contribution in [0, 0.1) is 6.92 Å². The summed E-state index contributed by atoms with van der Waals surface area (Å²) in [5, 5.41) is 20.6. The maximum atomic E-state index is 11.4. The molecule has 0 aromatic carbocycles. The molecule has 2 atom stereocenters. The monoisotopic (exact) mass is 287 g/mol. The van der Waals surface area contributed by atoms with Gasteiger partial charge in [-0.15, -0.1) is 10.2 Å². The van der Waals surface area contributed by atoms with Crippen molar-refractivity contribution in [3.8, 4) is 0 Å². The minimum absolute atomic E-state index is 0.0605. The molecule has 2 unspecified atom stereocenters. The number of carboxylic acid groups (broad SMARTS) is 1. The van der Waals surface area contributed by atoms with Gasteiger partial charge in [-0.1, -0.05) is 25.6 Å². The summed E-state index contributed by atoms with van der Waals surface area (Å²) >= 11 is 1.40. The Morgan fingerprint density at radius 1 is 1.58 bits per heavy atom. The van der Waals surface area contributed by atoms with E-state index in [2.05, 4.69) is 15.5 Å². The van der Waals surface area contributed by atoms with Crippen LogP contribution in [-0.2, 0) is 4.79 Å². The standard InChI is InChI=1S/C12H21N3O3S/c1-5-6-13-12(4,10(16)17)7-8(2)19-11-15-14-9(3)18-11/h8,13H,5-7H2,1-4H3,(H,16,17). The molecule has 0 fully saturated rings. The lowest BCUT2D eigenvalue weighted by Crippen LogP contribution is -2.51. The predicted molar refractivity (Wildman–Crippen MR) is 73.3 cm³/mol. The van der Waals surface area contributed by atoms with Gasteiger partial charge in [-0.25, -0.2) is 0 Å². The molecule has 0 aliphatic heterocycles. The van der Waals surface area contributed by atoms with Crippen molar-refractivity contribution in [3.05, 3.63) is 5.89 Å². The molecule has 7 heteroatoms. The van der Waals surface area contributed by atoms with Gasteiger partial charge in [-0.05, 0) is 26.3 Å². The second-order valence-electron chi connectivity index (χ2n) is 4.78. The number of hydrogen-bond acceptors (Lipinski definition) is 6. The molecule has 108 valence electrons. The summed E-state index contributed by atoms with van der Waals surface area (Å²) in [6, 6.07) is 0. The van der Waals surface area contributed by atoms with Crippen LogP contribution in [-0.4, -0.2) is 38.6 Å². The Kier molecular flexibility index (Phi) is 5.81. The van der Waals surface area contributed by atoms with E-state index < -0.39 is 11.5 Å². The van der Waals surface area contributed by atoms with Crippen LogP contribution in [0.5, 0.6) is 0 Å². The maximum absolute atomic E-state index is 11.4. The highest BCUT2D eigenvalue weighted by molar-refractivity contribution is 7.99. The molecule has 0 saturated heterocycles. The van der Waals surface area contributed by atoms with Gasteiger partial charge in [0.2, 0.25) is 5.89 Å². The molecule has 6 nitrogen and oxygen atoms in total. The molecule has 1 heterocycles. The Morgan fingerprint density at radius 2 is 2.26 bits per heavy atom. The third-order valence-corrected chi connectivity index (χ3v) is 3.68. The number of hydrogen-bond donors (Lipinski definition) is 2. The number of aromatic nitrogens is 2. The van der Waals surface area contributed by atoms with Crippen molar-refractivity contribution < 1.29 is 14.3 Å². The SMILES string of the molecule is CCCNC(C)(CC(C)Sc1nnc(C)o1)C(=O)O. The van der Waals surface area contributed by atoms with E-state index in [1.165, 1.54) is 11.8 Å². The summed E-state index contributed by atoms with van der Waals surface area (Å²) in [6.45, 7) is 8.08. The molecule has 0 bridgehead atoms. The van der Waals surface area contributed by atoms with E-state index >= 15 is 0 Å². The van der Waals surface area contributed by atoms with E-state index in [0.717, 1.165) is 6.42 Å². The van der Waals surface area contributed by atoms with Crippen LogP contribution in [0.2, 0.25) is 0 Å². The number of carbonyl (C=O) groups is 1. The largest absolute Gasteiger partial charge is 0.480 e. The van der Waals surface area contributed by atoms with Crippen LogP contribution in [0.4, 0.5) is 0 Å². The Morgan fingerprint density at radius 3 is 2.74 bits per heavy atom. The van der Waals surface area contributed by atoms with Gasteiger partial charge in [0.05, 0.1) is 0 Å². The smallest absolute Gasteiger partial charge is 0.323 e. The van der Waals surface area contributed by atoms with Crippen LogP contribution in [0.1, 0.15) is 39.5 Å². The molecule has 2 N–H and O–H groups in total. The molecule has 19 heavy (non-hydrogen) atoms. The Hall–Kier alpha value is -1.08. The Balaban J connectivity index is 2.60. The average molecular weight is 287 g/mol. The van der Waals surface area contributed by atoms with E-state index in [1.54, 1.807) is 13.8 Å². The Labute approximate surface area is 117 Å². The lowest BCUT2D eigenvalue weighted by molar-refractivity contribution is -0.144. The molecule has 0 aliphatic rings. The van der Waals surface area contributed by atoms with Gasteiger partial charge in [-0.2, -0.15) is 0 Å². The van der Waals surface area contributed by atoms with E-state index in [1.807, 2.05) is 13.8 Å². The molecule has 0 aliphatic carbocycles. The molecule has 1 rings (SSSR count). The fraction of sp³-hybridized carbons (Fsp3) is 0.750. The zero-order chi connectivity index (χ0) is 14.5. The Bertz CT molecular complexity index is 424. The minimum atomic E-state index is -0.933. The lowest BCUT2D eigenvalue weighted by Gasteiger charge is -2.28. The van der Waals surface area contributed by atoms with Crippen molar-refractivity contribution in [3.63, 3.8) is 0 Å². The van der Waals surface area contributed by atoms with Gasteiger partial charge in [0.1, 0.15) is 5.54 Å². The first-order chi connectivity index (χ1) is 8.87. The van der Waals surface area contributed by atoms with Crippen molar-refractivity contribution in [2.75, 3.05) is 6.54 Å². The number of aliphatic carboxylic acids is 1. The zero-order valence-electron chi connectivity index (χ0n) is 11.8. The van der Waals surface area contributed by atoms with Gasteiger partial charge in [0, 0.05) is 12.2 Å². The fourth-order valence-electron chi connectivity index (χ4n) is 1.75. The molecule has 0 amide bonds. The first-order valence-corrected chi connectivity index (χ1v) is 7.20. The molecule has 0 radical (unpaired) electrons. The predicted octanol–water partition coefficient (Wildman–Crippen LogP) is 2.09. The van der Waals surface area contributed by atoms with Crippen LogP contribution < -0.4 is 5.32 Å². The second kappa shape index (κ2) is 6.91. The minimum Gasteiger partial charge on any atom is -0.480 e. The molecule has 1 aromatic heterocycles. The average Bonchev–Trinajstić information content (AvgIpc) is 2.71. The molecule has 1 aromatic rings. The van der Waals surface area contributed by atoms with E-state index in [4.69, 9.17) is 4.42 Å². The maximum Gasteiger partial charge on any atom is 0.323 e. The number of nitrogens with zero attached hydrogens (tertiary/aromatic N) is 2. The zero-order valence-corrected chi connectivity index (χ0v) is 12.6. The van der Waals surface area contributed by atoms with Crippen molar-refractivity contribution >= 4 is 17.7 Å². The van der Waals surface area contributed by atoms with Gasteiger partial charge in [0.25, 0.3) is 5.22 Å². The fourth-order valence-corrected chi connectivity index (χ4v) is 2.77. The lowest BCUT2D eigenvalue weighted by atomic mass is 9.96. The highest BCUT2D eigenvalue weighted by Crippen LogP contribution is 2.28. The number of nitrogens with one attached hydrogen (secondary N) is 1. The van der Waals surface area contributed by atoms with Crippen LogP contribution in [0.15, 0.2) is 9.64 Å². The summed E-state index contributed by atoms with van der Waals surface area (Å²) in [6.07, 6.45) is 1.38. The first-order valence-electron chi connectivity index (χ1n) is 6.32. The third kappa shape index (κ3) is 4.83. The molecular formula is C12H21N3O3S. The molecule has 0 spiro atoms. The first kappa shape index (κ1) is 16.0. The van der Waals surface area contributed by atoms with Crippen LogP contribution >= 0.6 is 11.8 Å². The molecule has 0 saturated carbocycles. The van der Waals surface area contributed by atoms with Crippen molar-refractivity contribution in [2.45, 2.75) is 56.5 Å². The van der Waals surface area contributed by atoms with Gasteiger partial charge < -0.3 is 14.8 Å². The highest BCUT2D eigenvalue weighted by Gasteiger charge is 2.34. The van der Waals surface area contributed by atoms with E-state index in [9.17, 15) is 9.90 Å². The van der Waals surface area contributed by atoms with E-state index in [0.29, 0.717) is 24.1 Å². The van der Waals surface area contributed by atoms with E-state index in [-0.39, 0.29) is 5.25 Å². The highest BCUT2D eigenvalue weighted by atomic mass is 32.2. The normalized spacial score (nSPS) is 16.0. The summed E-state index contributed by atoms with van der Waals surface area (Å²) < 4.78 is 5.28. The third-order valence-electron chi connectivity index (χ3n) is 2.74. The van der Waals surface area contributed by atoms with Crippen molar-refractivity contribution in [2.24, 2.45) is 0 Å². The number of carboxylic acids is 1. The molecular weight excluding hydrogens is 266 g/mol. The summed E-state index contributed by atoms with van der Waals surface area (Å²) in [5.74, 6) is -0.324. The number of rotatable bonds is 8. The quantitative estimate of drug-likeness (QED) is 0.708. The number of aryl methyl sites for hydroxylation is 1. The van der Waals surface area contributed by atoms with Crippen molar-refractivity contribution in [1.29, 1.82) is 0 Å². The van der Waals surface area contributed by atoms with Crippen LogP contribution in [0.25, 0.3) is 0 Å². The summed E-state index contributed by atoms with van der Waals surface area (Å²) in [5.41, 5.74) is -0.933.